The van der Waals surface area contributed by atoms with Crippen LogP contribution in [0.3, 0.4) is 0 Å². The Morgan fingerprint density at radius 3 is 2.57 bits per heavy atom. The summed E-state index contributed by atoms with van der Waals surface area (Å²) in [6, 6.07) is 3.65. The van der Waals surface area contributed by atoms with Gasteiger partial charge in [-0.1, -0.05) is 0 Å². The van der Waals surface area contributed by atoms with E-state index in [4.69, 9.17) is 16.6 Å². The molecule has 2 aromatic rings. The minimum Gasteiger partial charge on any atom is -0.461 e. The zero-order valence-electron chi connectivity index (χ0n) is 13.0. The van der Waals surface area contributed by atoms with Gasteiger partial charge in [-0.2, -0.15) is 4.31 Å². The van der Waals surface area contributed by atoms with Gasteiger partial charge in [-0.25, -0.2) is 13.1 Å². The molecule has 1 saturated heterocycles. The topological polar surface area (TPSA) is 76.5 Å². The average molecular weight is 357 g/mol. The summed E-state index contributed by atoms with van der Waals surface area (Å²) in [4.78, 5) is 2.14. The normalized spacial score (nSPS) is 17.7. The first-order valence-electron chi connectivity index (χ1n) is 7.21. The summed E-state index contributed by atoms with van der Waals surface area (Å²) < 4.78 is 34.1. The van der Waals surface area contributed by atoms with E-state index >= 15 is 0 Å². The highest BCUT2D eigenvalue weighted by Crippen LogP contribution is 2.18. The Bertz CT molecular complexity index is 830. The molecule has 10 heteroatoms. The largest absolute Gasteiger partial charge is 0.461 e. The van der Waals surface area contributed by atoms with Crippen molar-refractivity contribution in [1.29, 1.82) is 0 Å². The summed E-state index contributed by atoms with van der Waals surface area (Å²) in [6.07, 6.45) is 2.84. The molecule has 2 aromatic heterocycles. The number of piperazine rings is 1. The van der Waals surface area contributed by atoms with Crippen LogP contribution in [0.5, 0.6) is 0 Å². The lowest BCUT2D eigenvalue weighted by Gasteiger charge is -2.32. The first-order chi connectivity index (χ1) is 10.9. The second-order valence-electron chi connectivity index (χ2n) is 5.56. The van der Waals surface area contributed by atoms with Gasteiger partial charge in [0.1, 0.15) is 0 Å². The van der Waals surface area contributed by atoms with Gasteiger partial charge < -0.3 is 8.98 Å². The fourth-order valence-corrected chi connectivity index (χ4v) is 3.60. The Balaban J connectivity index is 1.73. The van der Waals surface area contributed by atoms with E-state index in [0.717, 1.165) is 0 Å². The molecule has 0 aliphatic carbocycles. The van der Waals surface area contributed by atoms with Crippen molar-refractivity contribution in [2.45, 2.75) is 6.67 Å². The van der Waals surface area contributed by atoms with Crippen LogP contribution in [-0.2, 0) is 23.7 Å². The molecule has 23 heavy (non-hydrogen) atoms. The number of aromatic nitrogens is 3. The third kappa shape index (κ3) is 3.39. The van der Waals surface area contributed by atoms with Gasteiger partial charge in [0, 0.05) is 33.2 Å². The summed E-state index contributed by atoms with van der Waals surface area (Å²) in [5.41, 5.74) is 0. The van der Waals surface area contributed by atoms with E-state index in [-0.39, 0.29) is 0 Å². The summed E-state index contributed by atoms with van der Waals surface area (Å²) in [7, 11) is -1.26. The molecule has 0 N–H and O–H groups in total. The highest BCUT2D eigenvalue weighted by Gasteiger charge is 2.24. The Morgan fingerprint density at radius 2 is 2.00 bits per heavy atom. The van der Waals surface area contributed by atoms with Crippen molar-refractivity contribution in [3.05, 3.63) is 23.2 Å². The average Bonchev–Trinajstić information content (AvgIpc) is 3.11. The van der Waals surface area contributed by atoms with Gasteiger partial charge in [0.2, 0.25) is 10.0 Å². The van der Waals surface area contributed by atoms with E-state index in [1.807, 2.05) is 19.2 Å². The van der Waals surface area contributed by atoms with Crippen LogP contribution in [-0.4, -0.2) is 64.4 Å². The van der Waals surface area contributed by atoms with E-state index in [9.17, 15) is 8.42 Å². The fourth-order valence-electron chi connectivity index (χ4n) is 2.59. The predicted octanol–water partition coefficient (Wildman–Crippen LogP) is 0.746. The van der Waals surface area contributed by atoms with Crippen LogP contribution in [0.1, 0.15) is 0 Å². The van der Waals surface area contributed by atoms with Gasteiger partial charge >= 0.3 is 0 Å². The van der Waals surface area contributed by atoms with Crippen LogP contribution in [0.4, 0.5) is 0 Å². The number of rotatable bonds is 4. The molecular weight excluding hydrogens is 338 g/mol. The molecule has 126 valence electrons. The van der Waals surface area contributed by atoms with Gasteiger partial charge in [0.05, 0.1) is 19.2 Å². The van der Waals surface area contributed by atoms with Gasteiger partial charge in [0.25, 0.3) is 0 Å². The quantitative estimate of drug-likeness (QED) is 0.752. The Labute approximate surface area is 140 Å². The standard InChI is InChI=1S/C13H19N5O3S2/c1-15-12(11-4-3-9-21-11)14-18(13(15)22)10-16-5-7-17(8-6-16)23(2,19)20/h3-4,9H,5-8,10H2,1-2H3. The monoisotopic (exact) mass is 357 g/mol. The summed E-state index contributed by atoms with van der Waals surface area (Å²) in [6.45, 7) is 2.82. The van der Waals surface area contributed by atoms with Crippen LogP contribution < -0.4 is 0 Å². The molecule has 0 amide bonds. The molecule has 0 aromatic carbocycles. The van der Waals surface area contributed by atoms with Crippen LogP contribution in [0.15, 0.2) is 22.8 Å². The van der Waals surface area contributed by atoms with Crippen molar-refractivity contribution in [2.24, 2.45) is 7.05 Å². The molecular formula is C13H19N5O3S2. The molecule has 0 radical (unpaired) electrons. The maximum atomic E-state index is 11.5. The van der Waals surface area contributed by atoms with Gasteiger partial charge in [-0.05, 0) is 24.4 Å². The maximum Gasteiger partial charge on any atom is 0.211 e. The zero-order valence-corrected chi connectivity index (χ0v) is 14.7. The maximum absolute atomic E-state index is 11.5. The smallest absolute Gasteiger partial charge is 0.211 e. The number of furan rings is 1. The zero-order chi connectivity index (χ0) is 16.6. The number of nitrogens with zero attached hydrogens (tertiary/aromatic N) is 5. The van der Waals surface area contributed by atoms with Crippen molar-refractivity contribution in [3.8, 4) is 11.6 Å². The number of sulfonamides is 1. The number of hydrogen-bond acceptors (Lipinski definition) is 6. The molecule has 1 fully saturated rings. The minimum absolute atomic E-state index is 0.490. The SMILES string of the molecule is Cn1c(-c2ccco2)nn(CN2CCN(S(C)(=O)=O)CC2)c1=S. The van der Waals surface area contributed by atoms with Crippen LogP contribution >= 0.6 is 12.2 Å². The third-order valence-electron chi connectivity index (χ3n) is 3.92. The minimum atomic E-state index is -3.12. The van der Waals surface area contributed by atoms with E-state index in [1.165, 1.54) is 10.6 Å². The molecule has 0 atom stereocenters. The van der Waals surface area contributed by atoms with Crippen molar-refractivity contribution >= 4 is 22.2 Å². The van der Waals surface area contributed by atoms with Crippen molar-refractivity contribution in [1.82, 2.24) is 23.6 Å². The number of hydrogen-bond donors (Lipinski definition) is 0. The molecule has 0 bridgehead atoms. The Kier molecular flexibility index (Phi) is 4.41. The van der Waals surface area contributed by atoms with E-state index < -0.39 is 10.0 Å². The lowest BCUT2D eigenvalue weighted by molar-refractivity contribution is 0.145. The van der Waals surface area contributed by atoms with Crippen LogP contribution in [0, 0.1) is 4.77 Å². The first-order valence-corrected chi connectivity index (χ1v) is 9.47. The molecule has 1 aliphatic rings. The molecule has 0 spiro atoms. The van der Waals surface area contributed by atoms with Crippen LogP contribution in [0.25, 0.3) is 11.6 Å². The molecule has 3 heterocycles. The lowest BCUT2D eigenvalue weighted by atomic mass is 10.4. The van der Waals surface area contributed by atoms with E-state index in [0.29, 0.717) is 49.2 Å². The summed E-state index contributed by atoms with van der Waals surface area (Å²) in [5.74, 6) is 1.34. The first kappa shape index (κ1) is 16.4. The van der Waals surface area contributed by atoms with Gasteiger partial charge in [-0.15, -0.1) is 5.10 Å². The third-order valence-corrected chi connectivity index (χ3v) is 5.70. The highest BCUT2D eigenvalue weighted by molar-refractivity contribution is 7.88. The molecule has 0 unspecified atom stereocenters. The van der Waals surface area contributed by atoms with Gasteiger partial charge in [-0.3, -0.25) is 4.90 Å². The molecule has 0 saturated carbocycles. The highest BCUT2D eigenvalue weighted by atomic mass is 32.2. The molecule has 8 nitrogen and oxygen atoms in total. The van der Waals surface area contributed by atoms with Crippen molar-refractivity contribution < 1.29 is 12.8 Å². The van der Waals surface area contributed by atoms with Gasteiger partial charge in [0.15, 0.2) is 16.4 Å². The van der Waals surface area contributed by atoms with Crippen molar-refractivity contribution in [2.75, 3.05) is 32.4 Å². The molecule has 1 aliphatic heterocycles. The fraction of sp³-hybridized carbons (Fsp3) is 0.538. The lowest BCUT2D eigenvalue weighted by Crippen LogP contribution is -2.48. The predicted molar refractivity (Wildman–Crippen MR) is 87.7 cm³/mol. The second kappa shape index (κ2) is 6.19. The van der Waals surface area contributed by atoms with E-state index in [2.05, 4.69) is 10.00 Å². The Morgan fingerprint density at radius 1 is 1.30 bits per heavy atom. The van der Waals surface area contributed by atoms with Crippen LogP contribution in [0.2, 0.25) is 0 Å². The van der Waals surface area contributed by atoms with E-state index in [1.54, 1.807) is 15.5 Å². The second-order valence-corrected chi connectivity index (χ2v) is 7.91. The van der Waals surface area contributed by atoms with Crippen molar-refractivity contribution in [3.63, 3.8) is 0 Å². The molecule has 3 rings (SSSR count). The Hall–Kier alpha value is -1.49. The summed E-state index contributed by atoms with van der Waals surface area (Å²) >= 11 is 5.43. The summed E-state index contributed by atoms with van der Waals surface area (Å²) in [5, 5.41) is 4.52.